The predicted octanol–water partition coefficient (Wildman–Crippen LogP) is 0.911. The molecule has 0 aromatic carbocycles. The van der Waals surface area contributed by atoms with Crippen LogP contribution in [0.2, 0.25) is 0 Å². The van der Waals surface area contributed by atoms with Crippen LogP contribution in [0.1, 0.15) is 5.69 Å². The van der Waals surface area contributed by atoms with Gasteiger partial charge in [0.05, 0.1) is 4.92 Å². The average molecular weight is 205 g/mol. The highest BCUT2D eigenvalue weighted by Gasteiger charge is 2.15. The van der Waals surface area contributed by atoms with E-state index in [0.29, 0.717) is 11.3 Å². The minimum absolute atomic E-state index is 0.408. The molecule has 0 N–H and O–H groups in total. The van der Waals surface area contributed by atoms with Crippen LogP contribution in [-0.2, 0) is 0 Å². The van der Waals surface area contributed by atoms with Crippen molar-refractivity contribution in [3.63, 3.8) is 0 Å². The fourth-order valence-corrected chi connectivity index (χ4v) is 1.39. The lowest BCUT2D eigenvalue weighted by atomic mass is 10.3. The number of nitrogens with zero attached hydrogens (tertiary/aromatic N) is 3. The number of aromatic nitrogens is 2. The number of hydrogen-bond acceptors (Lipinski definition) is 4. The molecule has 2 heterocycles. The molecular weight excluding hydrogens is 198 g/mol. The molecule has 0 atom stereocenters. The Labute approximate surface area is 84.0 Å². The topological polar surface area (TPSA) is 77.5 Å². The van der Waals surface area contributed by atoms with Crippen LogP contribution >= 0.6 is 0 Å². The summed E-state index contributed by atoms with van der Waals surface area (Å²) >= 11 is 0. The van der Waals surface area contributed by atoms with Gasteiger partial charge in [-0.25, -0.2) is 4.98 Å². The van der Waals surface area contributed by atoms with E-state index in [2.05, 4.69) is 4.98 Å². The van der Waals surface area contributed by atoms with Gasteiger partial charge in [-0.3, -0.25) is 19.3 Å². The summed E-state index contributed by atoms with van der Waals surface area (Å²) < 4.78 is 1.22. The predicted molar refractivity (Wildman–Crippen MR) is 52.9 cm³/mol. The summed E-state index contributed by atoms with van der Waals surface area (Å²) in [5.74, 6) is 0. The highest BCUT2D eigenvalue weighted by Crippen LogP contribution is 2.06. The minimum Gasteiger partial charge on any atom is -0.261 e. The number of nitro groups is 1. The SMILES string of the molecule is Cc1cccc2ncc([N+](=O)[O-])c(=O)n12. The first-order chi connectivity index (χ1) is 7.11. The Kier molecular flexibility index (Phi) is 1.96. The molecule has 0 aliphatic rings. The number of hydrogen-bond donors (Lipinski definition) is 0. The standard InChI is InChI=1S/C9H7N3O3/c1-6-3-2-4-8-10-5-7(12(14)15)9(13)11(6)8/h2-5H,1H3. The van der Waals surface area contributed by atoms with E-state index >= 15 is 0 Å². The van der Waals surface area contributed by atoms with Crippen LogP contribution in [-0.4, -0.2) is 14.3 Å². The molecular formula is C9H7N3O3. The van der Waals surface area contributed by atoms with Gasteiger partial charge in [-0.05, 0) is 19.1 Å². The summed E-state index contributed by atoms with van der Waals surface area (Å²) in [6.07, 6.45) is 0.983. The molecule has 15 heavy (non-hydrogen) atoms. The maximum Gasteiger partial charge on any atom is 0.352 e. The molecule has 2 rings (SSSR count). The van der Waals surface area contributed by atoms with Crippen LogP contribution in [0, 0.1) is 17.0 Å². The van der Waals surface area contributed by atoms with Crippen molar-refractivity contribution in [3.05, 3.63) is 50.6 Å². The van der Waals surface area contributed by atoms with Crippen LogP contribution in [0.5, 0.6) is 0 Å². The van der Waals surface area contributed by atoms with Crippen molar-refractivity contribution in [1.29, 1.82) is 0 Å². The van der Waals surface area contributed by atoms with E-state index in [4.69, 9.17) is 0 Å². The highest BCUT2D eigenvalue weighted by molar-refractivity contribution is 5.42. The van der Waals surface area contributed by atoms with Crippen molar-refractivity contribution in [2.24, 2.45) is 0 Å². The Balaban J connectivity index is 2.96. The lowest BCUT2D eigenvalue weighted by molar-refractivity contribution is -0.386. The van der Waals surface area contributed by atoms with Crippen molar-refractivity contribution in [2.45, 2.75) is 6.92 Å². The normalized spacial score (nSPS) is 10.5. The van der Waals surface area contributed by atoms with E-state index in [1.165, 1.54) is 4.40 Å². The number of fused-ring (bicyclic) bond motifs is 1. The Hall–Kier alpha value is -2.24. The fraction of sp³-hybridized carbons (Fsp3) is 0.111. The number of rotatable bonds is 1. The van der Waals surface area contributed by atoms with Gasteiger partial charge >= 0.3 is 11.2 Å². The van der Waals surface area contributed by atoms with Crippen LogP contribution in [0.15, 0.2) is 29.2 Å². The van der Waals surface area contributed by atoms with E-state index in [-0.39, 0.29) is 0 Å². The Morgan fingerprint density at radius 1 is 1.47 bits per heavy atom. The summed E-state index contributed by atoms with van der Waals surface area (Å²) in [4.78, 5) is 25.3. The lowest BCUT2D eigenvalue weighted by Gasteiger charge is -2.02. The van der Waals surface area contributed by atoms with Gasteiger partial charge < -0.3 is 0 Å². The molecule has 76 valence electrons. The quantitative estimate of drug-likeness (QED) is 0.512. The van der Waals surface area contributed by atoms with Crippen molar-refractivity contribution in [3.8, 4) is 0 Å². The molecule has 2 aromatic heterocycles. The van der Waals surface area contributed by atoms with Gasteiger partial charge in [0.1, 0.15) is 11.8 Å². The summed E-state index contributed by atoms with van der Waals surface area (Å²) in [6.45, 7) is 1.69. The Morgan fingerprint density at radius 3 is 2.87 bits per heavy atom. The average Bonchev–Trinajstić information content (AvgIpc) is 2.17. The molecule has 2 aromatic rings. The van der Waals surface area contributed by atoms with Crippen LogP contribution in [0.4, 0.5) is 5.69 Å². The Morgan fingerprint density at radius 2 is 2.20 bits per heavy atom. The number of pyridine rings is 1. The highest BCUT2D eigenvalue weighted by atomic mass is 16.6. The van der Waals surface area contributed by atoms with Gasteiger partial charge in [0, 0.05) is 5.69 Å². The first kappa shape index (κ1) is 9.32. The molecule has 0 bridgehead atoms. The van der Waals surface area contributed by atoms with Crippen molar-refractivity contribution < 1.29 is 4.92 Å². The van der Waals surface area contributed by atoms with Crippen molar-refractivity contribution in [1.82, 2.24) is 9.38 Å². The molecule has 6 heteroatoms. The summed E-state index contributed by atoms with van der Waals surface area (Å²) in [5.41, 5.74) is -0.135. The molecule has 0 aliphatic carbocycles. The van der Waals surface area contributed by atoms with E-state index < -0.39 is 16.2 Å². The van der Waals surface area contributed by atoms with Crippen LogP contribution in [0.25, 0.3) is 5.65 Å². The van der Waals surface area contributed by atoms with Gasteiger partial charge in [0.2, 0.25) is 0 Å². The van der Waals surface area contributed by atoms with Crippen molar-refractivity contribution >= 4 is 11.3 Å². The zero-order valence-electron chi connectivity index (χ0n) is 7.88. The first-order valence-corrected chi connectivity index (χ1v) is 4.23. The molecule has 0 saturated carbocycles. The second-order valence-electron chi connectivity index (χ2n) is 3.07. The second-order valence-corrected chi connectivity index (χ2v) is 3.07. The van der Waals surface area contributed by atoms with Gasteiger partial charge in [0.25, 0.3) is 0 Å². The fourth-order valence-electron chi connectivity index (χ4n) is 1.39. The number of aryl methyl sites for hydroxylation is 1. The van der Waals surface area contributed by atoms with Gasteiger partial charge in [-0.2, -0.15) is 0 Å². The van der Waals surface area contributed by atoms with Gasteiger partial charge in [0.15, 0.2) is 0 Å². The molecule has 0 aliphatic heterocycles. The third-order valence-corrected chi connectivity index (χ3v) is 2.10. The summed E-state index contributed by atoms with van der Waals surface area (Å²) in [7, 11) is 0. The lowest BCUT2D eigenvalue weighted by Crippen LogP contribution is -2.19. The molecule has 6 nitrogen and oxygen atoms in total. The molecule has 0 spiro atoms. The molecule has 0 fully saturated rings. The maximum absolute atomic E-state index is 11.7. The molecule has 0 unspecified atom stereocenters. The van der Waals surface area contributed by atoms with Gasteiger partial charge in [-0.1, -0.05) is 6.07 Å². The van der Waals surface area contributed by atoms with E-state index in [0.717, 1.165) is 6.20 Å². The second kappa shape index (κ2) is 3.16. The van der Waals surface area contributed by atoms with E-state index in [1.54, 1.807) is 25.1 Å². The largest absolute Gasteiger partial charge is 0.352 e. The molecule has 0 radical (unpaired) electrons. The molecule has 0 amide bonds. The smallest absolute Gasteiger partial charge is 0.261 e. The minimum atomic E-state index is -0.728. The molecule has 0 saturated heterocycles. The third kappa shape index (κ3) is 1.35. The first-order valence-electron chi connectivity index (χ1n) is 4.23. The van der Waals surface area contributed by atoms with Crippen LogP contribution in [0.3, 0.4) is 0 Å². The van der Waals surface area contributed by atoms with Gasteiger partial charge in [-0.15, -0.1) is 0 Å². The van der Waals surface area contributed by atoms with Crippen LogP contribution < -0.4 is 5.56 Å². The Bertz CT molecular complexity index is 603. The zero-order chi connectivity index (χ0) is 11.0. The third-order valence-electron chi connectivity index (χ3n) is 2.10. The van der Waals surface area contributed by atoms with Crippen molar-refractivity contribution in [2.75, 3.05) is 0 Å². The maximum atomic E-state index is 11.7. The zero-order valence-corrected chi connectivity index (χ0v) is 7.88. The van der Waals surface area contributed by atoms with E-state index in [9.17, 15) is 14.9 Å². The monoisotopic (exact) mass is 205 g/mol. The van der Waals surface area contributed by atoms with E-state index in [1.807, 2.05) is 0 Å². The summed E-state index contributed by atoms with van der Waals surface area (Å²) in [5, 5.41) is 10.5. The summed E-state index contributed by atoms with van der Waals surface area (Å²) in [6, 6.07) is 5.06.